The number of hydrogen-bond donors (Lipinski definition) is 1. The maximum absolute atomic E-state index is 12.4. The molecule has 29 heavy (non-hydrogen) atoms. The first-order chi connectivity index (χ1) is 14.0. The van der Waals surface area contributed by atoms with E-state index in [9.17, 15) is 13.6 Å². The Bertz CT molecular complexity index is 884. The van der Waals surface area contributed by atoms with E-state index >= 15 is 0 Å². The van der Waals surface area contributed by atoms with Crippen LogP contribution in [0.1, 0.15) is 11.1 Å². The van der Waals surface area contributed by atoms with Gasteiger partial charge >= 0.3 is 6.61 Å². The van der Waals surface area contributed by atoms with Gasteiger partial charge in [0.1, 0.15) is 0 Å². The van der Waals surface area contributed by atoms with Crippen molar-refractivity contribution in [2.24, 2.45) is 0 Å². The van der Waals surface area contributed by atoms with Gasteiger partial charge in [-0.25, -0.2) is 0 Å². The molecule has 0 radical (unpaired) electrons. The number of carbonyl (C=O) groups is 1. The van der Waals surface area contributed by atoms with Crippen molar-refractivity contribution >= 4 is 5.91 Å². The van der Waals surface area contributed by atoms with Crippen LogP contribution >= 0.6 is 0 Å². The van der Waals surface area contributed by atoms with E-state index in [1.807, 2.05) is 6.07 Å². The highest BCUT2D eigenvalue weighted by atomic mass is 19.3. The molecular weight excluding hydrogens is 386 g/mol. The smallest absolute Gasteiger partial charge is 0.387 e. The number of methoxy groups -OCH3 is 2. The van der Waals surface area contributed by atoms with E-state index in [-0.39, 0.29) is 24.0 Å². The van der Waals surface area contributed by atoms with Crippen molar-refractivity contribution in [3.05, 3.63) is 47.5 Å². The lowest BCUT2D eigenvalue weighted by atomic mass is 10.1. The maximum Gasteiger partial charge on any atom is 0.387 e. The summed E-state index contributed by atoms with van der Waals surface area (Å²) in [6, 6.07) is 11.2. The first kappa shape index (κ1) is 21.8. The molecule has 0 aliphatic rings. The van der Waals surface area contributed by atoms with Crippen LogP contribution in [0.15, 0.2) is 36.4 Å². The van der Waals surface area contributed by atoms with Crippen molar-refractivity contribution in [1.29, 1.82) is 5.26 Å². The van der Waals surface area contributed by atoms with Crippen molar-refractivity contribution in [3.63, 3.8) is 0 Å². The van der Waals surface area contributed by atoms with Gasteiger partial charge in [0.2, 0.25) is 0 Å². The van der Waals surface area contributed by atoms with Gasteiger partial charge in [0.05, 0.1) is 25.9 Å². The lowest BCUT2D eigenvalue weighted by molar-refractivity contribution is -0.123. The Morgan fingerprint density at radius 3 is 2.41 bits per heavy atom. The molecule has 1 N–H and O–H groups in total. The molecule has 9 heteroatoms. The minimum Gasteiger partial charge on any atom is -0.493 e. The van der Waals surface area contributed by atoms with Gasteiger partial charge in [0, 0.05) is 12.6 Å². The summed E-state index contributed by atoms with van der Waals surface area (Å²) in [5, 5.41) is 11.6. The summed E-state index contributed by atoms with van der Waals surface area (Å²) >= 11 is 0. The minimum atomic E-state index is -2.94. The van der Waals surface area contributed by atoms with Crippen LogP contribution in [-0.2, 0) is 11.2 Å². The third-order valence-corrected chi connectivity index (χ3v) is 3.83. The summed E-state index contributed by atoms with van der Waals surface area (Å²) in [5.74, 6) is 0.488. The van der Waals surface area contributed by atoms with E-state index < -0.39 is 6.61 Å². The molecule has 0 bridgehead atoms. The summed E-state index contributed by atoms with van der Waals surface area (Å²) in [6.45, 7) is -2.86. The van der Waals surface area contributed by atoms with Crippen LogP contribution < -0.4 is 24.3 Å². The fraction of sp³-hybridized carbons (Fsp3) is 0.300. The van der Waals surface area contributed by atoms with E-state index in [0.29, 0.717) is 30.0 Å². The van der Waals surface area contributed by atoms with Gasteiger partial charge in [-0.15, -0.1) is 0 Å². The zero-order chi connectivity index (χ0) is 21.2. The highest BCUT2D eigenvalue weighted by molar-refractivity contribution is 5.77. The second-order valence-corrected chi connectivity index (χ2v) is 5.73. The molecule has 0 unspecified atom stereocenters. The van der Waals surface area contributed by atoms with Gasteiger partial charge in [-0.3, -0.25) is 4.79 Å². The van der Waals surface area contributed by atoms with E-state index in [2.05, 4.69) is 10.1 Å². The molecule has 0 heterocycles. The van der Waals surface area contributed by atoms with E-state index in [1.165, 1.54) is 26.4 Å². The second-order valence-electron chi connectivity index (χ2n) is 5.73. The molecule has 1 amide bonds. The maximum atomic E-state index is 12.4. The molecule has 154 valence electrons. The van der Waals surface area contributed by atoms with Gasteiger partial charge in [-0.1, -0.05) is 6.07 Å². The van der Waals surface area contributed by atoms with Gasteiger partial charge in [0.25, 0.3) is 5.91 Å². The van der Waals surface area contributed by atoms with E-state index in [4.69, 9.17) is 19.5 Å². The average molecular weight is 406 g/mol. The molecule has 2 aromatic carbocycles. The molecule has 0 saturated heterocycles. The molecule has 2 rings (SSSR count). The summed E-state index contributed by atoms with van der Waals surface area (Å²) in [5.41, 5.74) is 1.19. The number of carbonyl (C=O) groups excluding carboxylic acids is 1. The normalized spacial score (nSPS) is 10.2. The Morgan fingerprint density at radius 2 is 1.76 bits per heavy atom. The summed E-state index contributed by atoms with van der Waals surface area (Å²) in [6.07, 6.45) is 0.456. The lowest BCUT2D eigenvalue weighted by Gasteiger charge is -2.12. The Kier molecular flexibility index (Phi) is 8.03. The zero-order valence-electron chi connectivity index (χ0n) is 15.9. The number of ether oxygens (including phenoxy) is 4. The van der Waals surface area contributed by atoms with Gasteiger partial charge in [-0.05, 0) is 36.2 Å². The summed E-state index contributed by atoms with van der Waals surface area (Å²) < 4.78 is 44.7. The van der Waals surface area contributed by atoms with Gasteiger partial charge < -0.3 is 24.3 Å². The Morgan fingerprint density at radius 1 is 1.07 bits per heavy atom. The Balaban J connectivity index is 1.84. The monoisotopic (exact) mass is 406 g/mol. The number of rotatable bonds is 10. The number of alkyl halides is 2. The SMILES string of the molecule is COc1cc(C#N)ccc1OCC(=O)NCCc1ccc(OC(F)F)c(OC)c1. The van der Waals surface area contributed by atoms with Crippen LogP contribution in [0.3, 0.4) is 0 Å². The van der Waals surface area contributed by atoms with Crippen LogP contribution in [0.25, 0.3) is 0 Å². The molecular formula is C20H20F2N2O5. The number of nitriles is 1. The van der Waals surface area contributed by atoms with Crippen LogP contribution in [-0.4, -0.2) is 39.9 Å². The Labute approximate surface area is 166 Å². The van der Waals surface area contributed by atoms with E-state index in [0.717, 1.165) is 5.56 Å². The van der Waals surface area contributed by atoms with Crippen LogP contribution in [0.5, 0.6) is 23.0 Å². The molecule has 2 aromatic rings. The van der Waals surface area contributed by atoms with E-state index in [1.54, 1.807) is 24.3 Å². The molecule has 0 saturated carbocycles. The van der Waals surface area contributed by atoms with Crippen molar-refractivity contribution in [2.75, 3.05) is 27.4 Å². The van der Waals surface area contributed by atoms with Gasteiger partial charge in [0.15, 0.2) is 29.6 Å². The minimum absolute atomic E-state index is 0.0555. The van der Waals surface area contributed by atoms with Crippen LogP contribution in [0, 0.1) is 11.3 Å². The second kappa shape index (κ2) is 10.7. The number of halogens is 2. The molecule has 0 aliphatic carbocycles. The van der Waals surface area contributed by atoms with Crippen molar-refractivity contribution in [3.8, 4) is 29.1 Å². The first-order valence-corrected chi connectivity index (χ1v) is 8.56. The quantitative estimate of drug-likeness (QED) is 0.653. The number of nitrogens with zero attached hydrogens (tertiary/aromatic N) is 1. The summed E-state index contributed by atoms with van der Waals surface area (Å²) in [7, 11) is 2.79. The number of benzene rings is 2. The standard InChI is InChI=1S/C20H20F2N2O5/c1-26-17-10-14(11-23)4-5-15(17)28-12-19(25)24-8-7-13-3-6-16(29-20(21)22)18(9-13)27-2/h3-6,9-10,20H,7-8,12H2,1-2H3,(H,24,25). The molecule has 7 nitrogen and oxygen atoms in total. The third kappa shape index (κ3) is 6.53. The van der Waals surface area contributed by atoms with Crippen molar-refractivity contribution in [2.45, 2.75) is 13.0 Å². The van der Waals surface area contributed by atoms with Crippen LogP contribution in [0.2, 0.25) is 0 Å². The van der Waals surface area contributed by atoms with Crippen molar-refractivity contribution in [1.82, 2.24) is 5.32 Å². The molecule has 0 atom stereocenters. The van der Waals surface area contributed by atoms with Gasteiger partial charge in [-0.2, -0.15) is 14.0 Å². The average Bonchev–Trinajstić information content (AvgIpc) is 2.72. The summed E-state index contributed by atoms with van der Waals surface area (Å²) in [4.78, 5) is 12.0. The number of amides is 1. The zero-order valence-corrected chi connectivity index (χ0v) is 15.9. The molecule has 0 aliphatic heterocycles. The highest BCUT2D eigenvalue weighted by Crippen LogP contribution is 2.29. The highest BCUT2D eigenvalue weighted by Gasteiger charge is 2.12. The van der Waals surface area contributed by atoms with Crippen LogP contribution in [0.4, 0.5) is 8.78 Å². The first-order valence-electron chi connectivity index (χ1n) is 8.56. The van der Waals surface area contributed by atoms with Crippen molar-refractivity contribution < 1.29 is 32.5 Å². The molecule has 0 aromatic heterocycles. The lowest BCUT2D eigenvalue weighted by Crippen LogP contribution is -2.30. The Hall–Kier alpha value is -3.54. The number of nitrogens with one attached hydrogen (secondary N) is 1. The fourth-order valence-electron chi connectivity index (χ4n) is 2.46. The topological polar surface area (TPSA) is 89.8 Å². The third-order valence-electron chi connectivity index (χ3n) is 3.83. The predicted molar refractivity (Wildman–Crippen MR) is 99.5 cm³/mol. The molecule has 0 spiro atoms. The predicted octanol–water partition coefficient (Wildman–Crippen LogP) is 2.91. The fourth-order valence-corrected chi connectivity index (χ4v) is 2.46. The molecule has 0 fully saturated rings. The number of hydrogen-bond acceptors (Lipinski definition) is 6. The largest absolute Gasteiger partial charge is 0.493 e.